The first-order valence-corrected chi connectivity index (χ1v) is 23.0. The summed E-state index contributed by atoms with van der Waals surface area (Å²) in [4.78, 5) is 78.8. The molecule has 66 heavy (non-hydrogen) atoms. The van der Waals surface area contributed by atoms with Crippen molar-refractivity contribution in [2.24, 2.45) is 5.73 Å². The van der Waals surface area contributed by atoms with E-state index in [1.54, 1.807) is 24.4 Å². The highest BCUT2D eigenvalue weighted by Crippen LogP contribution is 2.40. The number of carbonyl (C=O) groups excluding carboxylic acids is 5. The fraction of sp³-hybridized carbons (Fsp3) is 0.333. The lowest BCUT2D eigenvalue weighted by Crippen LogP contribution is -2.54. The Morgan fingerprint density at radius 3 is 2.33 bits per heavy atom. The van der Waals surface area contributed by atoms with Crippen LogP contribution < -0.4 is 27.4 Å². The molecule has 5 heterocycles. The van der Waals surface area contributed by atoms with Gasteiger partial charge in [-0.25, -0.2) is 15.0 Å². The molecule has 1 atom stereocenters. The van der Waals surface area contributed by atoms with E-state index in [1.807, 2.05) is 47.0 Å². The van der Waals surface area contributed by atoms with Gasteiger partial charge >= 0.3 is 0 Å². The average molecular weight is 887 g/mol. The number of fused-ring (bicyclic) bond motifs is 2. The number of hydrogen-bond donors (Lipinski definition) is 5. The number of unbranched alkanes of at least 4 members (excludes halogenated alkanes) is 5. The number of piperidine rings is 1. The van der Waals surface area contributed by atoms with Crippen molar-refractivity contribution in [2.75, 3.05) is 24.1 Å². The van der Waals surface area contributed by atoms with Gasteiger partial charge in [-0.05, 0) is 111 Å². The summed E-state index contributed by atoms with van der Waals surface area (Å²) in [6.45, 7) is 1.25. The van der Waals surface area contributed by atoms with E-state index in [1.165, 1.54) is 0 Å². The highest BCUT2D eigenvalue weighted by molar-refractivity contribution is 6.25. The zero-order chi connectivity index (χ0) is 45.8. The average Bonchev–Trinajstić information content (AvgIpc) is 3.82. The first kappa shape index (κ1) is 44.0. The van der Waals surface area contributed by atoms with Gasteiger partial charge in [0.2, 0.25) is 17.7 Å². The van der Waals surface area contributed by atoms with Crippen molar-refractivity contribution in [2.45, 2.75) is 95.1 Å². The van der Waals surface area contributed by atoms with Crippen molar-refractivity contribution in [1.29, 1.82) is 0 Å². The van der Waals surface area contributed by atoms with Crippen molar-refractivity contribution in [3.05, 3.63) is 119 Å². The minimum Gasteiger partial charge on any atom is -0.384 e. The molecule has 338 valence electrons. The summed E-state index contributed by atoms with van der Waals surface area (Å²) >= 11 is 0. The maximum atomic E-state index is 13.3. The molecule has 6 aromatic rings. The molecule has 15 heteroatoms. The summed E-state index contributed by atoms with van der Waals surface area (Å²) < 4.78 is 2.03. The fourth-order valence-electron chi connectivity index (χ4n) is 9.24. The molecule has 3 aromatic heterocycles. The van der Waals surface area contributed by atoms with E-state index in [-0.39, 0.29) is 35.4 Å². The van der Waals surface area contributed by atoms with Crippen LogP contribution in [-0.4, -0.2) is 73.1 Å². The molecule has 1 aliphatic carbocycles. The number of nitrogens with two attached hydrogens (primary N) is 2. The number of nitrogen functional groups attached to an aromatic ring is 1. The molecule has 0 spiro atoms. The lowest BCUT2D eigenvalue weighted by atomic mass is 9.73. The van der Waals surface area contributed by atoms with Gasteiger partial charge in [0.05, 0.1) is 22.4 Å². The Balaban J connectivity index is 0.728. The molecule has 0 radical (unpaired) electrons. The van der Waals surface area contributed by atoms with Crippen LogP contribution in [0.4, 0.5) is 11.5 Å². The third kappa shape index (κ3) is 9.03. The molecule has 1 saturated carbocycles. The molecular formula is C51H54N10O5. The summed E-state index contributed by atoms with van der Waals surface area (Å²) in [5.74, 6) is -1.00. The number of carbonyl (C=O) groups is 5. The lowest BCUT2D eigenvalue weighted by molar-refractivity contribution is -0.136. The third-order valence-corrected chi connectivity index (χ3v) is 13.1. The predicted octanol–water partition coefficient (Wildman–Crippen LogP) is 6.97. The van der Waals surface area contributed by atoms with Crippen LogP contribution in [0, 0.1) is 0 Å². The van der Waals surface area contributed by atoms with Crippen LogP contribution in [0.1, 0.15) is 109 Å². The number of benzene rings is 3. The quantitative estimate of drug-likeness (QED) is 0.0438. The van der Waals surface area contributed by atoms with Crippen LogP contribution in [-0.2, 0) is 26.3 Å². The van der Waals surface area contributed by atoms with Gasteiger partial charge in [0.1, 0.15) is 17.4 Å². The van der Waals surface area contributed by atoms with E-state index < -0.39 is 29.7 Å². The molecule has 0 bridgehead atoms. The molecule has 9 rings (SSSR count). The fourth-order valence-corrected chi connectivity index (χ4v) is 9.24. The smallest absolute Gasteiger partial charge is 0.264 e. The molecular weight excluding hydrogens is 833 g/mol. The van der Waals surface area contributed by atoms with Crippen LogP contribution in [0.2, 0.25) is 0 Å². The van der Waals surface area contributed by atoms with Crippen molar-refractivity contribution in [3.8, 4) is 28.3 Å². The number of imidazole rings is 1. The number of rotatable bonds is 18. The van der Waals surface area contributed by atoms with Crippen molar-refractivity contribution in [1.82, 2.24) is 35.1 Å². The van der Waals surface area contributed by atoms with Crippen LogP contribution in [0.25, 0.3) is 39.5 Å². The first-order chi connectivity index (χ1) is 32.1. The number of nitrogens with zero attached hydrogens (tertiary/aromatic N) is 5. The predicted molar refractivity (Wildman–Crippen MR) is 252 cm³/mol. The van der Waals surface area contributed by atoms with Gasteiger partial charge < -0.3 is 22.1 Å². The van der Waals surface area contributed by atoms with Gasteiger partial charge in [0, 0.05) is 54.6 Å². The highest BCUT2D eigenvalue weighted by atomic mass is 16.2. The van der Waals surface area contributed by atoms with Crippen LogP contribution in [0.3, 0.4) is 0 Å². The number of pyridine rings is 2. The standard InChI is InChI=1S/C51H54N10O5/c52-45-37(14-9-30-56-45)46-58-40-22-21-38(57-47(40)60(46)35-19-17-34(18-20-35)51(53)26-10-27-51)33-12-7-11-32(31-33)16-24-42(62)55-29-6-4-2-1-3-5-28-54-39-15-8-13-36-44(39)50(66)61(49(36)65)41-23-25-43(63)59-48(41)64/h7-9,11-15,17-22,30-31,41,54H,1-6,10,16,23-29,53H2,(H2,52,56)(H,55,62)(H,59,63,64). The number of amides is 5. The number of aromatic nitrogens is 4. The molecule has 1 unspecified atom stereocenters. The van der Waals surface area contributed by atoms with Gasteiger partial charge in [-0.15, -0.1) is 0 Å². The molecule has 5 amide bonds. The van der Waals surface area contributed by atoms with Gasteiger partial charge in [-0.2, -0.15) is 0 Å². The Kier molecular flexibility index (Phi) is 12.7. The molecule has 2 aliphatic heterocycles. The van der Waals surface area contributed by atoms with E-state index in [9.17, 15) is 24.0 Å². The number of imide groups is 2. The normalized spacial score (nSPS) is 16.6. The molecule has 7 N–H and O–H groups in total. The molecule has 3 aromatic carbocycles. The summed E-state index contributed by atoms with van der Waals surface area (Å²) in [6, 6.07) is 28.3. The van der Waals surface area contributed by atoms with Crippen molar-refractivity contribution < 1.29 is 24.0 Å². The highest BCUT2D eigenvalue weighted by Gasteiger charge is 2.45. The Morgan fingerprint density at radius 2 is 1.58 bits per heavy atom. The number of anilines is 2. The number of hydrogen-bond acceptors (Lipinski definition) is 11. The molecule has 2 fully saturated rings. The lowest BCUT2D eigenvalue weighted by Gasteiger charge is -2.38. The van der Waals surface area contributed by atoms with Gasteiger partial charge in [-0.3, -0.25) is 38.8 Å². The van der Waals surface area contributed by atoms with Crippen molar-refractivity contribution in [3.63, 3.8) is 0 Å². The Morgan fingerprint density at radius 1 is 0.818 bits per heavy atom. The number of nitrogens with one attached hydrogen (secondary N) is 3. The Labute approximate surface area is 382 Å². The van der Waals surface area contributed by atoms with Gasteiger partial charge in [-0.1, -0.05) is 62.1 Å². The van der Waals surface area contributed by atoms with Crippen LogP contribution in [0.5, 0.6) is 0 Å². The van der Waals surface area contributed by atoms with Crippen LogP contribution >= 0.6 is 0 Å². The van der Waals surface area contributed by atoms with Gasteiger partial charge in [0.25, 0.3) is 11.8 Å². The second kappa shape index (κ2) is 19.1. The zero-order valence-corrected chi connectivity index (χ0v) is 36.9. The summed E-state index contributed by atoms with van der Waals surface area (Å²) in [6.07, 6.45) is 11.8. The maximum absolute atomic E-state index is 13.3. The minimum absolute atomic E-state index is 0.0221. The topological polar surface area (TPSA) is 220 Å². The zero-order valence-electron chi connectivity index (χ0n) is 36.9. The van der Waals surface area contributed by atoms with Gasteiger partial charge in [0.15, 0.2) is 11.5 Å². The molecule has 15 nitrogen and oxygen atoms in total. The molecule has 1 saturated heterocycles. The molecule has 3 aliphatic rings. The van der Waals surface area contributed by atoms with E-state index in [0.717, 1.165) is 102 Å². The van der Waals surface area contributed by atoms with E-state index in [2.05, 4.69) is 51.3 Å². The SMILES string of the molecule is Nc1ncccc1-c1nc2ccc(-c3cccc(CCC(=O)NCCCCCCCCNc4cccc5c4C(=O)N(C4CCC(=O)NC4=O)C5=O)c3)nc2n1-c1ccc(C2(N)CCC2)cc1. The van der Waals surface area contributed by atoms with E-state index in [0.29, 0.717) is 48.9 Å². The monoisotopic (exact) mass is 886 g/mol. The maximum Gasteiger partial charge on any atom is 0.264 e. The van der Waals surface area contributed by atoms with Crippen LogP contribution in [0.15, 0.2) is 97.2 Å². The van der Waals surface area contributed by atoms with E-state index >= 15 is 0 Å². The van der Waals surface area contributed by atoms with E-state index in [4.69, 9.17) is 21.4 Å². The first-order valence-electron chi connectivity index (χ1n) is 23.0. The van der Waals surface area contributed by atoms with Crippen molar-refractivity contribution >= 4 is 52.2 Å². The number of aryl methyl sites for hydroxylation is 1. The second-order valence-electron chi connectivity index (χ2n) is 17.6. The minimum atomic E-state index is -0.994. The summed E-state index contributed by atoms with van der Waals surface area (Å²) in [5.41, 5.74) is 20.8. The third-order valence-electron chi connectivity index (χ3n) is 13.1. The summed E-state index contributed by atoms with van der Waals surface area (Å²) in [7, 11) is 0. The second-order valence-corrected chi connectivity index (χ2v) is 17.6. The largest absolute Gasteiger partial charge is 0.384 e. The Hall–Kier alpha value is -7.26. The summed E-state index contributed by atoms with van der Waals surface area (Å²) in [5, 5.41) is 8.62. The Bertz CT molecular complexity index is 2830.